The number of aryl methyl sites for hydroxylation is 1. The summed E-state index contributed by atoms with van der Waals surface area (Å²) in [6.07, 6.45) is 0. The maximum absolute atomic E-state index is 12.1. The summed E-state index contributed by atoms with van der Waals surface area (Å²) in [5, 5.41) is 11.4. The topological polar surface area (TPSA) is 113 Å². The summed E-state index contributed by atoms with van der Waals surface area (Å²) in [6.45, 7) is 3.17. The van der Waals surface area contributed by atoms with Gasteiger partial charge < -0.3 is 10.1 Å². The number of anilines is 1. The van der Waals surface area contributed by atoms with Gasteiger partial charge in [-0.1, -0.05) is 40.2 Å². The normalized spacial score (nSPS) is 10.4. The number of aromatic amines is 1. The molecule has 0 aliphatic heterocycles. The summed E-state index contributed by atoms with van der Waals surface area (Å²) in [6, 6.07) is 13.7. The van der Waals surface area contributed by atoms with Crippen LogP contribution >= 0.6 is 15.9 Å². The molecule has 30 heavy (non-hydrogen) atoms. The van der Waals surface area contributed by atoms with E-state index in [-0.39, 0.29) is 5.69 Å². The fourth-order valence-corrected chi connectivity index (χ4v) is 2.87. The van der Waals surface area contributed by atoms with Crippen molar-refractivity contribution >= 4 is 39.5 Å². The van der Waals surface area contributed by atoms with E-state index in [1.165, 1.54) is 6.07 Å². The number of H-pyrrole nitrogens is 1. The number of esters is 1. The number of rotatable bonds is 5. The van der Waals surface area contributed by atoms with Gasteiger partial charge in [0.2, 0.25) is 0 Å². The molecule has 0 spiro atoms. The third-order valence-corrected chi connectivity index (χ3v) is 4.91. The largest absolute Gasteiger partial charge is 0.451 e. The highest BCUT2D eigenvalue weighted by Gasteiger charge is 2.16. The molecule has 9 heteroatoms. The molecule has 0 fully saturated rings. The number of urea groups is 1. The second-order valence-corrected chi connectivity index (χ2v) is 7.42. The van der Waals surface area contributed by atoms with Gasteiger partial charge in [-0.05, 0) is 49.2 Å². The molecule has 8 nitrogen and oxygen atoms in total. The highest BCUT2D eigenvalue weighted by atomic mass is 79.9. The van der Waals surface area contributed by atoms with E-state index in [2.05, 4.69) is 36.8 Å². The Morgan fingerprint density at radius 1 is 1.10 bits per heavy atom. The molecule has 3 N–H and O–H groups in total. The summed E-state index contributed by atoms with van der Waals surface area (Å²) in [4.78, 5) is 36.0. The lowest BCUT2D eigenvalue weighted by Gasteiger charge is -2.10. The number of carbonyl (C=O) groups excluding carboxylic acids is 3. The maximum Gasteiger partial charge on any atom is 0.356 e. The van der Waals surface area contributed by atoms with Gasteiger partial charge in [0.15, 0.2) is 6.61 Å². The van der Waals surface area contributed by atoms with E-state index in [4.69, 9.17) is 4.74 Å². The Morgan fingerprint density at radius 3 is 2.57 bits per heavy atom. The van der Waals surface area contributed by atoms with E-state index < -0.39 is 24.5 Å². The predicted octanol–water partition coefficient (Wildman–Crippen LogP) is 3.96. The van der Waals surface area contributed by atoms with Crippen molar-refractivity contribution in [1.82, 2.24) is 15.5 Å². The second-order valence-electron chi connectivity index (χ2n) is 6.50. The molecule has 0 bridgehead atoms. The molecular weight excluding hydrogens is 452 g/mol. The summed E-state index contributed by atoms with van der Waals surface area (Å²) < 4.78 is 5.87. The highest BCUT2D eigenvalue weighted by molar-refractivity contribution is 9.10. The van der Waals surface area contributed by atoms with Gasteiger partial charge in [0.25, 0.3) is 5.91 Å². The first-order chi connectivity index (χ1) is 14.3. The average Bonchev–Trinajstić information content (AvgIpc) is 3.20. The smallest absolute Gasteiger partial charge is 0.356 e. The molecule has 0 atom stereocenters. The highest BCUT2D eigenvalue weighted by Crippen LogP contribution is 2.21. The molecule has 3 aromatic rings. The zero-order valence-corrected chi connectivity index (χ0v) is 17.9. The Balaban J connectivity index is 1.51. The lowest BCUT2D eigenvalue weighted by molar-refractivity contribution is -0.123. The van der Waals surface area contributed by atoms with Crippen LogP contribution in [-0.4, -0.2) is 34.7 Å². The Labute approximate surface area is 181 Å². The van der Waals surface area contributed by atoms with Crippen LogP contribution in [0.1, 0.15) is 21.6 Å². The van der Waals surface area contributed by atoms with Crippen LogP contribution in [0, 0.1) is 13.8 Å². The number of hydrogen-bond donors (Lipinski definition) is 3. The average molecular weight is 471 g/mol. The van der Waals surface area contributed by atoms with Crippen LogP contribution < -0.4 is 10.6 Å². The molecular formula is C21H19BrN4O4. The minimum absolute atomic E-state index is 0.0977. The number of nitrogens with zero attached hydrogens (tertiary/aromatic N) is 1. The molecule has 154 valence electrons. The lowest BCUT2D eigenvalue weighted by Crippen LogP contribution is -2.37. The van der Waals surface area contributed by atoms with Crippen molar-refractivity contribution in [2.45, 2.75) is 13.8 Å². The number of carbonyl (C=O) groups is 3. The quantitative estimate of drug-likeness (QED) is 0.488. The van der Waals surface area contributed by atoms with Gasteiger partial charge in [-0.3, -0.25) is 15.2 Å². The molecule has 2 aromatic carbocycles. The number of imide groups is 1. The molecule has 3 amide bonds. The van der Waals surface area contributed by atoms with Crippen molar-refractivity contribution in [3.63, 3.8) is 0 Å². The number of halogens is 1. The number of ether oxygens (including phenoxy) is 1. The van der Waals surface area contributed by atoms with Crippen LogP contribution in [0.15, 0.2) is 53.0 Å². The third kappa shape index (κ3) is 5.32. The van der Waals surface area contributed by atoms with Gasteiger partial charge >= 0.3 is 12.0 Å². The minimum atomic E-state index is -0.754. The fourth-order valence-electron chi connectivity index (χ4n) is 2.61. The molecule has 3 rings (SSSR count). The van der Waals surface area contributed by atoms with E-state index in [9.17, 15) is 14.4 Å². The number of benzene rings is 2. The van der Waals surface area contributed by atoms with Crippen LogP contribution in [0.5, 0.6) is 0 Å². The van der Waals surface area contributed by atoms with E-state index in [0.29, 0.717) is 11.4 Å². The second kappa shape index (κ2) is 9.36. The van der Waals surface area contributed by atoms with E-state index in [0.717, 1.165) is 21.2 Å². The van der Waals surface area contributed by atoms with Crippen LogP contribution in [0.4, 0.5) is 10.5 Å². The predicted molar refractivity (Wildman–Crippen MR) is 115 cm³/mol. The Hall–Kier alpha value is -3.46. The first-order valence-corrected chi connectivity index (χ1v) is 9.78. The molecule has 0 saturated carbocycles. The van der Waals surface area contributed by atoms with Gasteiger partial charge in [0.05, 0.1) is 5.69 Å². The zero-order valence-electron chi connectivity index (χ0n) is 16.3. The molecule has 0 saturated heterocycles. The summed E-state index contributed by atoms with van der Waals surface area (Å²) in [5.74, 6) is -1.50. The summed E-state index contributed by atoms with van der Waals surface area (Å²) in [7, 11) is 0. The van der Waals surface area contributed by atoms with Crippen LogP contribution in [0.25, 0.3) is 11.3 Å². The standard InChI is InChI=1S/C21H19BrN4O4/c1-12-4-3-5-16(13(12)2)23-21(29)24-19(27)11-30-20(28)18-10-17(25-26-18)14-6-8-15(22)9-7-14/h3-10H,11H2,1-2H3,(H,25,26)(H2,23,24,27,29). The first-order valence-electron chi connectivity index (χ1n) is 8.99. The molecule has 0 radical (unpaired) electrons. The van der Waals surface area contributed by atoms with Crippen molar-refractivity contribution in [3.8, 4) is 11.3 Å². The van der Waals surface area contributed by atoms with Gasteiger partial charge in [-0.2, -0.15) is 5.10 Å². The van der Waals surface area contributed by atoms with Crippen molar-refractivity contribution in [3.05, 3.63) is 69.8 Å². The third-order valence-electron chi connectivity index (χ3n) is 4.38. The maximum atomic E-state index is 12.1. The van der Waals surface area contributed by atoms with E-state index >= 15 is 0 Å². The van der Waals surface area contributed by atoms with Crippen molar-refractivity contribution in [2.24, 2.45) is 0 Å². The Morgan fingerprint density at radius 2 is 1.83 bits per heavy atom. The van der Waals surface area contributed by atoms with Gasteiger partial charge in [-0.15, -0.1) is 0 Å². The van der Waals surface area contributed by atoms with E-state index in [1.54, 1.807) is 12.1 Å². The zero-order chi connectivity index (χ0) is 21.7. The Kier molecular flexibility index (Phi) is 6.63. The summed E-state index contributed by atoms with van der Waals surface area (Å²) in [5.41, 5.74) is 3.97. The van der Waals surface area contributed by atoms with Crippen LogP contribution in [0.3, 0.4) is 0 Å². The molecule has 0 unspecified atom stereocenters. The Bertz CT molecular complexity index is 1090. The van der Waals surface area contributed by atoms with Gasteiger partial charge in [0, 0.05) is 15.7 Å². The number of hydrogen-bond acceptors (Lipinski definition) is 5. The van der Waals surface area contributed by atoms with E-state index in [1.807, 2.05) is 44.2 Å². The monoisotopic (exact) mass is 470 g/mol. The van der Waals surface area contributed by atoms with Crippen molar-refractivity contribution < 1.29 is 19.1 Å². The molecule has 1 aromatic heterocycles. The van der Waals surface area contributed by atoms with Crippen molar-refractivity contribution in [2.75, 3.05) is 11.9 Å². The number of nitrogens with one attached hydrogen (secondary N) is 3. The lowest BCUT2D eigenvalue weighted by atomic mass is 10.1. The first kappa shape index (κ1) is 21.3. The van der Waals surface area contributed by atoms with Gasteiger partial charge in [0.1, 0.15) is 5.69 Å². The fraction of sp³-hybridized carbons (Fsp3) is 0.143. The molecule has 1 heterocycles. The van der Waals surface area contributed by atoms with Gasteiger partial charge in [-0.25, -0.2) is 9.59 Å². The number of aromatic nitrogens is 2. The summed E-state index contributed by atoms with van der Waals surface area (Å²) >= 11 is 3.35. The molecule has 0 aliphatic carbocycles. The SMILES string of the molecule is Cc1cccc(NC(=O)NC(=O)COC(=O)c2cc(-c3ccc(Br)cc3)n[nH]2)c1C. The van der Waals surface area contributed by atoms with Crippen molar-refractivity contribution in [1.29, 1.82) is 0 Å². The minimum Gasteiger partial charge on any atom is -0.451 e. The number of amides is 3. The van der Waals surface area contributed by atoms with Crippen LogP contribution in [-0.2, 0) is 9.53 Å². The molecule has 0 aliphatic rings. The van der Waals surface area contributed by atoms with Crippen LogP contribution in [0.2, 0.25) is 0 Å².